The van der Waals surface area contributed by atoms with Gasteiger partial charge in [0.25, 0.3) is 0 Å². The third kappa shape index (κ3) is 6.04. The summed E-state index contributed by atoms with van der Waals surface area (Å²) in [4.78, 5) is 2.54. The SMILES string of the molecule is CC(C)(C)c1ccc2c(c1)C1(c3ccccc3Oc3ccc(N(c4ccc5c(c4)C4(c6ccccc6-c6ccccc64)c4ccccc4-5)c4ccccc4-c4cccc5ccccc45)cc31)c1cc(C(C)(C)C)ccc1-2. The second-order valence-corrected chi connectivity index (χ2v) is 23.5. The lowest BCUT2D eigenvalue weighted by Crippen LogP contribution is -2.33. The van der Waals surface area contributed by atoms with E-state index in [0.717, 1.165) is 45.3 Å². The third-order valence-electron chi connectivity index (χ3n) is 17.5. The van der Waals surface area contributed by atoms with Crippen LogP contribution in [0.1, 0.15) is 97.2 Å². The average Bonchev–Trinajstić information content (AvgIpc) is 4.24. The number of benzene rings is 11. The maximum absolute atomic E-state index is 7.18. The topological polar surface area (TPSA) is 12.5 Å². The molecular weight excluding hydrogens is 919 g/mol. The van der Waals surface area contributed by atoms with Crippen molar-refractivity contribution >= 4 is 27.8 Å². The van der Waals surface area contributed by atoms with E-state index in [-0.39, 0.29) is 10.8 Å². The van der Waals surface area contributed by atoms with Crippen LogP contribution in [0.15, 0.2) is 237 Å². The van der Waals surface area contributed by atoms with Gasteiger partial charge in [-0.25, -0.2) is 0 Å². The summed E-state index contributed by atoms with van der Waals surface area (Å²) < 4.78 is 7.18. The molecule has 11 aromatic carbocycles. The van der Waals surface area contributed by atoms with Crippen LogP contribution in [0.4, 0.5) is 17.1 Å². The van der Waals surface area contributed by atoms with Crippen LogP contribution in [0.25, 0.3) is 55.3 Å². The van der Waals surface area contributed by atoms with Crippen LogP contribution >= 0.6 is 0 Å². The molecule has 15 rings (SSSR count). The summed E-state index contributed by atoms with van der Waals surface area (Å²) in [7, 11) is 0. The molecule has 1 aliphatic heterocycles. The second-order valence-electron chi connectivity index (χ2n) is 23.5. The minimum absolute atomic E-state index is 0.0794. The van der Waals surface area contributed by atoms with Crippen LogP contribution in [0, 0.1) is 0 Å². The van der Waals surface area contributed by atoms with E-state index in [0.29, 0.717) is 0 Å². The zero-order valence-electron chi connectivity index (χ0n) is 43.9. The van der Waals surface area contributed by atoms with E-state index in [9.17, 15) is 0 Å². The number of fused-ring (bicyclic) bond motifs is 20. The molecule has 2 heteroatoms. The molecule has 76 heavy (non-hydrogen) atoms. The molecule has 0 atom stereocenters. The van der Waals surface area contributed by atoms with E-state index in [4.69, 9.17) is 4.74 Å². The molecule has 0 saturated carbocycles. The Morgan fingerprint density at radius 3 is 1.32 bits per heavy atom. The molecule has 364 valence electrons. The van der Waals surface area contributed by atoms with Gasteiger partial charge < -0.3 is 9.64 Å². The van der Waals surface area contributed by atoms with Crippen LogP contribution in [0.5, 0.6) is 11.5 Å². The molecule has 0 fully saturated rings. The van der Waals surface area contributed by atoms with Gasteiger partial charge in [0.2, 0.25) is 0 Å². The second kappa shape index (κ2) is 15.9. The third-order valence-corrected chi connectivity index (χ3v) is 17.5. The highest BCUT2D eigenvalue weighted by molar-refractivity contribution is 6.03. The number of nitrogens with zero attached hydrogens (tertiary/aromatic N) is 1. The maximum Gasteiger partial charge on any atom is 0.132 e. The molecule has 4 aliphatic rings. The maximum atomic E-state index is 7.18. The quantitative estimate of drug-likeness (QED) is 0.174. The van der Waals surface area contributed by atoms with Gasteiger partial charge in [0, 0.05) is 28.1 Å². The van der Waals surface area contributed by atoms with Crippen LogP contribution < -0.4 is 9.64 Å². The first kappa shape index (κ1) is 44.7. The summed E-state index contributed by atoms with van der Waals surface area (Å²) in [5, 5.41) is 2.43. The number of hydrogen-bond donors (Lipinski definition) is 0. The Hall–Kier alpha value is -8.72. The Balaban J connectivity index is 1.05. The Morgan fingerprint density at radius 1 is 0.303 bits per heavy atom. The lowest BCUT2D eigenvalue weighted by atomic mass is 9.65. The van der Waals surface area contributed by atoms with Gasteiger partial charge in [0.15, 0.2) is 0 Å². The minimum Gasteiger partial charge on any atom is -0.457 e. The Kier molecular flexibility index (Phi) is 9.36. The van der Waals surface area contributed by atoms with Gasteiger partial charge in [-0.05, 0) is 148 Å². The van der Waals surface area contributed by atoms with Crippen LogP contribution in [-0.2, 0) is 21.7 Å². The molecule has 1 heterocycles. The summed E-state index contributed by atoms with van der Waals surface area (Å²) in [6, 6.07) is 89.5. The van der Waals surface area contributed by atoms with E-state index in [1.54, 1.807) is 0 Å². The summed E-state index contributed by atoms with van der Waals surface area (Å²) in [6.07, 6.45) is 0. The predicted molar refractivity (Wildman–Crippen MR) is 315 cm³/mol. The standard InChI is InChI=1S/C74H57NO/c1-71(2,3)47-34-38-56-57-39-35-48(72(4,5)6)43-65(57)74(64(56)42-47)63-31-16-18-33-69(63)76-70-41-37-50(45-67(70)74)75(68-32-17-12-26-59(68)52-27-19-21-46-20-7-8-22-51(46)52)49-36-40-58-55-25-11-15-30-62(55)73(66(58)44-49)60-28-13-9-23-53(60)54-24-10-14-29-61(54)73/h7-45H,1-6H3. The highest BCUT2D eigenvalue weighted by Crippen LogP contribution is 2.66. The van der Waals surface area contributed by atoms with Crippen LogP contribution in [-0.4, -0.2) is 0 Å². The van der Waals surface area contributed by atoms with Crippen molar-refractivity contribution in [2.24, 2.45) is 0 Å². The van der Waals surface area contributed by atoms with Gasteiger partial charge in [-0.3, -0.25) is 0 Å². The van der Waals surface area contributed by atoms with Crippen molar-refractivity contribution in [3.05, 3.63) is 292 Å². The van der Waals surface area contributed by atoms with Crippen molar-refractivity contribution in [2.45, 2.75) is 63.2 Å². The molecule has 3 aliphatic carbocycles. The van der Waals surface area contributed by atoms with Crippen LogP contribution in [0.2, 0.25) is 0 Å². The average molecular weight is 976 g/mol. The van der Waals surface area contributed by atoms with Crippen molar-refractivity contribution in [1.29, 1.82) is 0 Å². The molecule has 0 bridgehead atoms. The zero-order chi connectivity index (χ0) is 51.3. The van der Waals surface area contributed by atoms with E-state index < -0.39 is 10.8 Å². The van der Waals surface area contributed by atoms with E-state index in [1.807, 2.05) is 0 Å². The first-order valence-corrected chi connectivity index (χ1v) is 27.0. The number of rotatable bonds is 4. The Labute approximate surface area is 446 Å². The summed E-state index contributed by atoms with van der Waals surface area (Å²) in [6.45, 7) is 14.0. The fourth-order valence-electron chi connectivity index (χ4n) is 14.0. The van der Waals surface area contributed by atoms with Gasteiger partial charge in [-0.1, -0.05) is 236 Å². The lowest BCUT2D eigenvalue weighted by molar-refractivity contribution is 0.436. The number of para-hydroxylation sites is 2. The molecular formula is C74H57NO. The van der Waals surface area contributed by atoms with E-state index in [2.05, 4.69) is 283 Å². The number of ether oxygens (including phenoxy) is 1. The van der Waals surface area contributed by atoms with E-state index in [1.165, 1.54) is 94.2 Å². The predicted octanol–water partition coefficient (Wildman–Crippen LogP) is 19.4. The normalized spacial score (nSPS) is 14.5. The van der Waals surface area contributed by atoms with Gasteiger partial charge in [0.05, 0.1) is 16.5 Å². The van der Waals surface area contributed by atoms with Gasteiger partial charge in [-0.2, -0.15) is 0 Å². The van der Waals surface area contributed by atoms with Crippen LogP contribution in [0.3, 0.4) is 0 Å². The summed E-state index contributed by atoms with van der Waals surface area (Å²) >= 11 is 0. The molecule has 0 radical (unpaired) electrons. The number of anilines is 3. The Morgan fingerprint density at radius 2 is 0.711 bits per heavy atom. The van der Waals surface area contributed by atoms with Crippen molar-refractivity contribution < 1.29 is 4.74 Å². The number of hydrogen-bond acceptors (Lipinski definition) is 2. The largest absolute Gasteiger partial charge is 0.457 e. The van der Waals surface area contributed by atoms with Gasteiger partial charge in [0.1, 0.15) is 11.5 Å². The van der Waals surface area contributed by atoms with Crippen molar-refractivity contribution in [3.63, 3.8) is 0 Å². The highest BCUT2D eigenvalue weighted by Gasteiger charge is 2.54. The molecule has 0 aromatic heterocycles. The molecule has 0 saturated heterocycles. The van der Waals surface area contributed by atoms with Gasteiger partial charge >= 0.3 is 0 Å². The highest BCUT2D eigenvalue weighted by atomic mass is 16.5. The molecule has 0 N–H and O–H groups in total. The molecule has 11 aromatic rings. The fraction of sp³-hybridized carbons (Fsp3) is 0.135. The Bertz CT molecular complexity index is 4120. The van der Waals surface area contributed by atoms with Crippen molar-refractivity contribution in [1.82, 2.24) is 0 Å². The fourth-order valence-corrected chi connectivity index (χ4v) is 14.0. The lowest BCUT2D eigenvalue weighted by Gasteiger charge is -2.41. The minimum atomic E-state index is -0.699. The molecule has 2 nitrogen and oxygen atoms in total. The first-order valence-electron chi connectivity index (χ1n) is 27.0. The molecule has 0 amide bonds. The van der Waals surface area contributed by atoms with Crippen molar-refractivity contribution in [3.8, 4) is 56.0 Å². The van der Waals surface area contributed by atoms with E-state index >= 15 is 0 Å². The first-order chi connectivity index (χ1) is 37.0. The summed E-state index contributed by atoms with van der Waals surface area (Å²) in [5.74, 6) is 1.76. The molecule has 2 spiro atoms. The monoisotopic (exact) mass is 975 g/mol. The smallest absolute Gasteiger partial charge is 0.132 e. The zero-order valence-corrected chi connectivity index (χ0v) is 43.9. The summed E-state index contributed by atoms with van der Waals surface area (Å²) in [5.41, 5.74) is 24.7. The van der Waals surface area contributed by atoms with Gasteiger partial charge in [-0.15, -0.1) is 0 Å². The molecule has 0 unspecified atom stereocenters. The van der Waals surface area contributed by atoms with Crippen molar-refractivity contribution in [2.75, 3.05) is 4.90 Å².